The van der Waals surface area contributed by atoms with Crippen molar-refractivity contribution in [1.82, 2.24) is 9.69 Å². The van der Waals surface area contributed by atoms with Crippen molar-refractivity contribution in [3.05, 3.63) is 24.3 Å². The maximum absolute atomic E-state index is 5.95. The molecule has 1 fully saturated rings. The standard InChI is InChI=1S/C12H14N2OS.ClH/c1-2-6-11-10(5-1)12(14-16-11)15-9-4-3-7-13-8-9;/h1-2,5-6,9,13H,3-4,7-8H2;1H. The van der Waals surface area contributed by atoms with Gasteiger partial charge in [-0.2, -0.15) is 4.37 Å². The van der Waals surface area contributed by atoms with Gasteiger partial charge in [-0.25, -0.2) is 0 Å². The van der Waals surface area contributed by atoms with E-state index in [0.29, 0.717) is 0 Å². The highest BCUT2D eigenvalue weighted by molar-refractivity contribution is 7.13. The number of halogens is 1. The Morgan fingerprint density at radius 1 is 1.35 bits per heavy atom. The number of rotatable bonds is 2. The largest absolute Gasteiger partial charge is 0.472 e. The van der Waals surface area contributed by atoms with Gasteiger partial charge in [0.25, 0.3) is 0 Å². The van der Waals surface area contributed by atoms with E-state index < -0.39 is 0 Å². The van der Waals surface area contributed by atoms with E-state index in [1.54, 1.807) is 0 Å². The summed E-state index contributed by atoms with van der Waals surface area (Å²) in [4.78, 5) is 0. The summed E-state index contributed by atoms with van der Waals surface area (Å²) in [6.07, 6.45) is 2.59. The highest BCUT2D eigenvalue weighted by atomic mass is 35.5. The predicted octanol–water partition coefficient (Wildman–Crippen LogP) is 2.85. The van der Waals surface area contributed by atoms with E-state index in [9.17, 15) is 0 Å². The molecule has 5 heteroatoms. The van der Waals surface area contributed by atoms with Crippen LogP contribution in [0.2, 0.25) is 0 Å². The number of nitrogens with one attached hydrogen (secondary N) is 1. The fraction of sp³-hybridized carbons (Fsp3) is 0.417. The van der Waals surface area contributed by atoms with Gasteiger partial charge >= 0.3 is 0 Å². The maximum Gasteiger partial charge on any atom is 0.233 e. The molecular formula is C12H15ClN2OS. The molecule has 92 valence electrons. The number of aromatic nitrogens is 1. The van der Waals surface area contributed by atoms with Crippen LogP contribution in [0.3, 0.4) is 0 Å². The van der Waals surface area contributed by atoms with Gasteiger partial charge in [0.1, 0.15) is 6.10 Å². The SMILES string of the molecule is Cl.c1ccc2c(OC3CCCNC3)nsc2c1. The van der Waals surface area contributed by atoms with Crippen LogP contribution in [-0.2, 0) is 0 Å². The van der Waals surface area contributed by atoms with E-state index in [0.717, 1.165) is 30.8 Å². The van der Waals surface area contributed by atoms with Gasteiger partial charge < -0.3 is 10.1 Å². The van der Waals surface area contributed by atoms with Crippen LogP contribution in [-0.4, -0.2) is 23.6 Å². The van der Waals surface area contributed by atoms with Crippen molar-refractivity contribution in [1.29, 1.82) is 0 Å². The number of benzene rings is 1. The summed E-state index contributed by atoms with van der Waals surface area (Å²) in [6, 6.07) is 8.22. The van der Waals surface area contributed by atoms with Crippen LogP contribution < -0.4 is 10.1 Å². The zero-order valence-corrected chi connectivity index (χ0v) is 11.0. The molecule has 3 nitrogen and oxygen atoms in total. The molecule has 2 aromatic rings. The second-order valence-corrected chi connectivity index (χ2v) is 4.88. The van der Waals surface area contributed by atoms with Crippen LogP contribution in [0.4, 0.5) is 0 Å². The zero-order chi connectivity index (χ0) is 10.8. The van der Waals surface area contributed by atoms with E-state index in [1.165, 1.54) is 22.7 Å². The third-order valence-electron chi connectivity index (χ3n) is 2.87. The van der Waals surface area contributed by atoms with Gasteiger partial charge in [0, 0.05) is 6.54 Å². The van der Waals surface area contributed by atoms with E-state index >= 15 is 0 Å². The summed E-state index contributed by atoms with van der Waals surface area (Å²) in [5.74, 6) is 0.800. The molecule has 1 aromatic carbocycles. The molecule has 17 heavy (non-hydrogen) atoms. The fourth-order valence-corrected chi connectivity index (χ4v) is 2.74. The highest BCUT2D eigenvalue weighted by Crippen LogP contribution is 2.29. The fourth-order valence-electron chi connectivity index (χ4n) is 2.03. The molecule has 0 spiro atoms. The number of piperidine rings is 1. The normalized spacial score (nSPS) is 19.9. The molecule has 0 radical (unpaired) electrons. The first-order valence-corrected chi connectivity index (χ1v) is 6.42. The number of fused-ring (bicyclic) bond motifs is 1. The molecule has 0 bridgehead atoms. The maximum atomic E-state index is 5.95. The van der Waals surface area contributed by atoms with Crippen molar-refractivity contribution < 1.29 is 4.74 Å². The van der Waals surface area contributed by atoms with E-state index in [-0.39, 0.29) is 18.5 Å². The minimum Gasteiger partial charge on any atom is -0.472 e. The van der Waals surface area contributed by atoms with Crippen molar-refractivity contribution in [3.63, 3.8) is 0 Å². The second kappa shape index (κ2) is 5.67. The predicted molar refractivity (Wildman–Crippen MR) is 73.4 cm³/mol. The Morgan fingerprint density at radius 2 is 2.24 bits per heavy atom. The molecule has 3 rings (SSSR count). The summed E-state index contributed by atoms with van der Waals surface area (Å²) in [5.41, 5.74) is 0. The molecule has 1 atom stereocenters. The Hall–Kier alpha value is -0.840. The van der Waals surface area contributed by atoms with Gasteiger partial charge in [0.05, 0.1) is 10.1 Å². The quantitative estimate of drug-likeness (QED) is 0.911. The first-order chi connectivity index (χ1) is 7.93. The summed E-state index contributed by atoms with van der Waals surface area (Å²) in [5, 5.41) is 4.48. The summed E-state index contributed by atoms with van der Waals surface area (Å²) < 4.78 is 11.5. The van der Waals surface area contributed by atoms with Gasteiger partial charge in [0.15, 0.2) is 0 Å². The minimum atomic E-state index is 0. The summed E-state index contributed by atoms with van der Waals surface area (Å²) >= 11 is 1.51. The average Bonchev–Trinajstić information content (AvgIpc) is 2.74. The van der Waals surface area contributed by atoms with Gasteiger partial charge in [0.2, 0.25) is 5.88 Å². The molecular weight excluding hydrogens is 256 g/mol. The molecule has 2 heterocycles. The lowest BCUT2D eigenvalue weighted by molar-refractivity contribution is 0.164. The molecule has 1 N–H and O–H groups in total. The summed E-state index contributed by atoms with van der Waals surface area (Å²) in [6.45, 7) is 2.05. The molecule has 1 saturated heterocycles. The molecule has 1 unspecified atom stereocenters. The third-order valence-corrected chi connectivity index (χ3v) is 3.68. The average molecular weight is 271 g/mol. The van der Waals surface area contributed by atoms with Crippen LogP contribution in [0.5, 0.6) is 5.88 Å². The van der Waals surface area contributed by atoms with E-state index in [2.05, 4.69) is 21.8 Å². The van der Waals surface area contributed by atoms with Crippen LogP contribution in [0.1, 0.15) is 12.8 Å². The van der Waals surface area contributed by atoms with Crippen molar-refractivity contribution in [2.45, 2.75) is 18.9 Å². The van der Waals surface area contributed by atoms with Crippen molar-refractivity contribution in [2.24, 2.45) is 0 Å². The third kappa shape index (κ3) is 2.70. The Labute approximate surface area is 111 Å². The molecule has 1 aliphatic heterocycles. The van der Waals surface area contributed by atoms with E-state index in [4.69, 9.17) is 4.74 Å². The lowest BCUT2D eigenvalue weighted by Crippen LogP contribution is -2.37. The van der Waals surface area contributed by atoms with Crippen molar-refractivity contribution >= 4 is 34.0 Å². The minimum absolute atomic E-state index is 0. The number of hydrogen-bond acceptors (Lipinski definition) is 4. The van der Waals surface area contributed by atoms with Gasteiger partial charge in [-0.1, -0.05) is 12.1 Å². The number of hydrogen-bond donors (Lipinski definition) is 1. The van der Waals surface area contributed by atoms with Gasteiger partial charge in [-0.3, -0.25) is 0 Å². The second-order valence-electron chi connectivity index (χ2n) is 4.07. The first kappa shape index (κ1) is 12.6. The molecule has 0 aliphatic carbocycles. The molecule has 0 saturated carbocycles. The van der Waals surface area contributed by atoms with E-state index in [1.807, 2.05) is 12.1 Å². The van der Waals surface area contributed by atoms with Crippen molar-refractivity contribution in [2.75, 3.05) is 13.1 Å². The monoisotopic (exact) mass is 270 g/mol. The van der Waals surface area contributed by atoms with Crippen molar-refractivity contribution in [3.8, 4) is 5.88 Å². The highest BCUT2D eigenvalue weighted by Gasteiger charge is 2.16. The molecule has 1 aromatic heterocycles. The van der Waals surface area contributed by atoms with Gasteiger partial charge in [-0.15, -0.1) is 12.4 Å². The lowest BCUT2D eigenvalue weighted by atomic mass is 10.1. The van der Waals surface area contributed by atoms with Crippen LogP contribution in [0.25, 0.3) is 10.1 Å². The number of ether oxygens (including phenoxy) is 1. The zero-order valence-electron chi connectivity index (χ0n) is 9.39. The lowest BCUT2D eigenvalue weighted by Gasteiger charge is -2.22. The Morgan fingerprint density at radius 3 is 3.06 bits per heavy atom. The number of nitrogens with zero attached hydrogens (tertiary/aromatic N) is 1. The van der Waals surface area contributed by atoms with Gasteiger partial charge in [-0.05, 0) is 43.1 Å². The Bertz CT molecular complexity index is 482. The topological polar surface area (TPSA) is 34.1 Å². The Kier molecular flexibility index (Phi) is 4.20. The molecule has 0 amide bonds. The summed E-state index contributed by atoms with van der Waals surface area (Å²) in [7, 11) is 0. The van der Waals surface area contributed by atoms with Crippen LogP contribution in [0.15, 0.2) is 24.3 Å². The smallest absolute Gasteiger partial charge is 0.233 e. The van der Waals surface area contributed by atoms with Crippen LogP contribution >= 0.6 is 23.9 Å². The van der Waals surface area contributed by atoms with Crippen LogP contribution in [0, 0.1) is 0 Å². The first-order valence-electron chi connectivity index (χ1n) is 5.65. The Balaban J connectivity index is 0.00000108. The molecule has 1 aliphatic rings.